The summed E-state index contributed by atoms with van der Waals surface area (Å²) in [6.07, 6.45) is 1.29. The highest BCUT2D eigenvalue weighted by Gasteiger charge is 2.21. The van der Waals surface area contributed by atoms with Crippen LogP contribution in [0.2, 0.25) is 0 Å². The van der Waals surface area contributed by atoms with Crippen molar-refractivity contribution in [3.05, 3.63) is 29.3 Å². The van der Waals surface area contributed by atoms with Gasteiger partial charge in [-0.3, -0.25) is 9.59 Å². The van der Waals surface area contributed by atoms with Crippen LogP contribution in [0.4, 0.5) is 5.69 Å². The molecular formula is C14H19N3O2. The van der Waals surface area contributed by atoms with Crippen LogP contribution < -0.4 is 16.0 Å². The summed E-state index contributed by atoms with van der Waals surface area (Å²) in [6.45, 7) is 1.92. The van der Waals surface area contributed by atoms with Gasteiger partial charge in [-0.1, -0.05) is 12.1 Å². The van der Waals surface area contributed by atoms with Crippen molar-refractivity contribution in [1.82, 2.24) is 5.32 Å². The number of hydrogen-bond donors (Lipinski definition) is 2. The summed E-state index contributed by atoms with van der Waals surface area (Å²) in [7, 11) is 1.79. The standard InChI is InChI=1S/C14H19N3O2/c1-9(16-13(18)8-15)10-3-5-12-11(7-10)4-6-14(19)17(12)2/h3,5,7,9H,4,6,8,15H2,1-2H3,(H,16,18). The van der Waals surface area contributed by atoms with E-state index in [2.05, 4.69) is 11.4 Å². The Hall–Kier alpha value is -1.88. The molecule has 5 heteroatoms. The molecule has 102 valence electrons. The highest BCUT2D eigenvalue weighted by molar-refractivity contribution is 5.95. The van der Waals surface area contributed by atoms with Crippen LogP contribution in [0.3, 0.4) is 0 Å². The zero-order valence-corrected chi connectivity index (χ0v) is 11.3. The molecule has 1 aliphatic heterocycles. The smallest absolute Gasteiger partial charge is 0.234 e. The van der Waals surface area contributed by atoms with Crippen LogP contribution >= 0.6 is 0 Å². The van der Waals surface area contributed by atoms with E-state index in [-0.39, 0.29) is 24.4 Å². The molecule has 0 spiro atoms. The molecule has 0 fully saturated rings. The number of nitrogens with two attached hydrogens (primary N) is 1. The van der Waals surface area contributed by atoms with E-state index < -0.39 is 0 Å². The summed E-state index contributed by atoms with van der Waals surface area (Å²) in [5.41, 5.74) is 8.42. The Labute approximate surface area is 112 Å². The lowest BCUT2D eigenvalue weighted by Crippen LogP contribution is -2.33. The zero-order valence-electron chi connectivity index (χ0n) is 11.3. The molecule has 1 atom stereocenters. The number of nitrogens with zero attached hydrogens (tertiary/aromatic N) is 1. The van der Waals surface area contributed by atoms with E-state index in [0.717, 1.165) is 23.2 Å². The SMILES string of the molecule is CC(NC(=O)CN)c1ccc2c(c1)CCC(=O)N2C. The lowest BCUT2D eigenvalue weighted by molar-refractivity contribution is -0.120. The van der Waals surface area contributed by atoms with Gasteiger partial charge in [0.1, 0.15) is 0 Å². The molecule has 2 rings (SSSR count). The molecule has 0 aliphatic carbocycles. The average molecular weight is 261 g/mol. The summed E-state index contributed by atoms with van der Waals surface area (Å²) in [6, 6.07) is 5.85. The Kier molecular flexibility index (Phi) is 3.85. The quantitative estimate of drug-likeness (QED) is 0.842. The number of fused-ring (bicyclic) bond motifs is 1. The predicted molar refractivity (Wildman–Crippen MR) is 73.8 cm³/mol. The highest BCUT2D eigenvalue weighted by atomic mass is 16.2. The monoisotopic (exact) mass is 261 g/mol. The van der Waals surface area contributed by atoms with Gasteiger partial charge in [-0.05, 0) is 30.5 Å². The lowest BCUT2D eigenvalue weighted by Gasteiger charge is -2.27. The van der Waals surface area contributed by atoms with Crippen LogP contribution in [0.25, 0.3) is 0 Å². The van der Waals surface area contributed by atoms with Crippen molar-refractivity contribution in [2.45, 2.75) is 25.8 Å². The molecule has 0 saturated carbocycles. The van der Waals surface area contributed by atoms with Crippen LogP contribution in [-0.4, -0.2) is 25.4 Å². The number of carbonyl (C=O) groups excluding carboxylic acids is 2. The fraction of sp³-hybridized carbons (Fsp3) is 0.429. The lowest BCUT2D eigenvalue weighted by atomic mass is 9.97. The van der Waals surface area contributed by atoms with Crippen LogP contribution in [0, 0.1) is 0 Å². The van der Waals surface area contributed by atoms with Crippen LogP contribution in [0.5, 0.6) is 0 Å². The van der Waals surface area contributed by atoms with Gasteiger partial charge in [0.25, 0.3) is 0 Å². The average Bonchev–Trinajstić information content (AvgIpc) is 2.42. The summed E-state index contributed by atoms with van der Waals surface area (Å²) in [5, 5.41) is 2.83. The fourth-order valence-corrected chi connectivity index (χ4v) is 2.33. The number of carbonyl (C=O) groups is 2. The number of rotatable bonds is 3. The molecule has 1 unspecified atom stereocenters. The predicted octanol–water partition coefficient (Wildman–Crippen LogP) is 0.732. The van der Waals surface area contributed by atoms with Crippen molar-refractivity contribution in [2.24, 2.45) is 5.73 Å². The maximum Gasteiger partial charge on any atom is 0.234 e. The van der Waals surface area contributed by atoms with Gasteiger partial charge >= 0.3 is 0 Å². The van der Waals surface area contributed by atoms with Gasteiger partial charge in [-0.25, -0.2) is 0 Å². The summed E-state index contributed by atoms with van der Waals surface area (Å²) < 4.78 is 0. The second-order valence-corrected chi connectivity index (χ2v) is 4.83. The highest BCUT2D eigenvalue weighted by Crippen LogP contribution is 2.29. The number of aryl methyl sites for hydroxylation is 1. The molecule has 0 saturated heterocycles. The Morgan fingerprint density at radius 1 is 1.47 bits per heavy atom. The molecule has 1 aromatic rings. The van der Waals surface area contributed by atoms with Gasteiger partial charge in [-0.2, -0.15) is 0 Å². The normalized spacial score (nSPS) is 15.9. The number of amides is 2. The maximum absolute atomic E-state index is 11.6. The summed E-state index contributed by atoms with van der Waals surface area (Å²) in [5.74, 6) is -0.0257. The van der Waals surface area contributed by atoms with Gasteiger partial charge in [0.2, 0.25) is 11.8 Å². The first-order valence-corrected chi connectivity index (χ1v) is 6.41. The molecular weight excluding hydrogens is 242 g/mol. The number of anilines is 1. The van der Waals surface area contributed by atoms with E-state index in [1.165, 1.54) is 0 Å². The molecule has 1 aliphatic rings. The van der Waals surface area contributed by atoms with Crippen LogP contribution in [0.15, 0.2) is 18.2 Å². The molecule has 2 amide bonds. The molecule has 5 nitrogen and oxygen atoms in total. The first kappa shape index (κ1) is 13.5. The second kappa shape index (κ2) is 5.40. The van der Waals surface area contributed by atoms with Crippen LogP contribution in [-0.2, 0) is 16.0 Å². The van der Waals surface area contributed by atoms with Crippen molar-refractivity contribution < 1.29 is 9.59 Å². The van der Waals surface area contributed by atoms with Gasteiger partial charge in [0.15, 0.2) is 0 Å². The molecule has 19 heavy (non-hydrogen) atoms. The van der Waals surface area contributed by atoms with Gasteiger partial charge in [-0.15, -0.1) is 0 Å². The molecule has 0 aromatic heterocycles. The fourth-order valence-electron chi connectivity index (χ4n) is 2.33. The van der Waals surface area contributed by atoms with Gasteiger partial charge in [0.05, 0.1) is 12.6 Å². The van der Waals surface area contributed by atoms with Gasteiger partial charge in [0, 0.05) is 19.2 Å². The minimum atomic E-state index is -0.169. The Balaban J connectivity index is 2.22. The van der Waals surface area contributed by atoms with E-state index in [4.69, 9.17) is 5.73 Å². The largest absolute Gasteiger partial charge is 0.348 e. The molecule has 1 heterocycles. The van der Waals surface area contributed by atoms with Gasteiger partial charge < -0.3 is 16.0 Å². The van der Waals surface area contributed by atoms with Crippen molar-refractivity contribution >= 4 is 17.5 Å². The third-order valence-corrected chi connectivity index (χ3v) is 3.51. The van der Waals surface area contributed by atoms with E-state index >= 15 is 0 Å². The minimum Gasteiger partial charge on any atom is -0.348 e. The number of hydrogen-bond acceptors (Lipinski definition) is 3. The topological polar surface area (TPSA) is 75.4 Å². The molecule has 0 bridgehead atoms. The zero-order chi connectivity index (χ0) is 14.0. The summed E-state index contributed by atoms with van der Waals surface area (Å²) >= 11 is 0. The summed E-state index contributed by atoms with van der Waals surface area (Å²) in [4.78, 5) is 24.6. The second-order valence-electron chi connectivity index (χ2n) is 4.83. The van der Waals surface area contributed by atoms with Crippen molar-refractivity contribution in [3.63, 3.8) is 0 Å². The van der Waals surface area contributed by atoms with E-state index in [1.54, 1.807) is 11.9 Å². The Bertz CT molecular complexity index is 513. The molecule has 1 aromatic carbocycles. The molecule has 3 N–H and O–H groups in total. The van der Waals surface area contributed by atoms with Crippen molar-refractivity contribution in [3.8, 4) is 0 Å². The Morgan fingerprint density at radius 3 is 2.89 bits per heavy atom. The van der Waals surface area contributed by atoms with E-state index in [0.29, 0.717) is 6.42 Å². The number of benzene rings is 1. The first-order chi connectivity index (χ1) is 9.02. The molecule has 0 radical (unpaired) electrons. The number of nitrogens with one attached hydrogen (secondary N) is 1. The van der Waals surface area contributed by atoms with Crippen molar-refractivity contribution in [2.75, 3.05) is 18.5 Å². The van der Waals surface area contributed by atoms with Crippen molar-refractivity contribution in [1.29, 1.82) is 0 Å². The van der Waals surface area contributed by atoms with E-state index in [9.17, 15) is 9.59 Å². The Morgan fingerprint density at radius 2 is 2.21 bits per heavy atom. The third-order valence-electron chi connectivity index (χ3n) is 3.51. The van der Waals surface area contributed by atoms with E-state index in [1.807, 2.05) is 19.1 Å². The van der Waals surface area contributed by atoms with Crippen LogP contribution in [0.1, 0.15) is 30.5 Å². The minimum absolute atomic E-state index is 0.00742. The maximum atomic E-state index is 11.6. The third kappa shape index (κ3) is 2.76. The first-order valence-electron chi connectivity index (χ1n) is 6.41.